The molecule has 0 aromatic heterocycles. The van der Waals surface area contributed by atoms with Gasteiger partial charge in [0, 0.05) is 24.2 Å². The Balaban J connectivity index is 0.000000350. The fourth-order valence-corrected chi connectivity index (χ4v) is 4.24. The molecule has 0 spiro atoms. The maximum atomic E-state index is 12.3. The van der Waals surface area contributed by atoms with Gasteiger partial charge in [-0.3, -0.25) is 44.3 Å². The number of hydrogen-bond donors (Lipinski definition) is 7. The average Bonchev–Trinajstić information content (AvgIpc) is 3.17. The number of imide groups is 3. The molecule has 0 bridgehead atoms. The highest BCUT2D eigenvalue weighted by Gasteiger charge is 2.45. The van der Waals surface area contributed by atoms with Crippen LogP contribution in [0, 0.1) is 0 Å². The van der Waals surface area contributed by atoms with Crippen molar-refractivity contribution in [2.75, 3.05) is 11.5 Å². The number of aromatic carboxylic acids is 2. The van der Waals surface area contributed by atoms with E-state index in [1.165, 1.54) is 30.3 Å². The van der Waals surface area contributed by atoms with Crippen LogP contribution >= 0.6 is 24.8 Å². The Morgan fingerprint density at radius 3 is 1.77 bits per heavy atom. The third-order valence-electron chi connectivity index (χ3n) is 6.32. The molecule has 0 aliphatic carbocycles. The fourth-order valence-electron chi connectivity index (χ4n) is 4.24. The lowest BCUT2D eigenvalue weighted by atomic mass is 10.0. The van der Waals surface area contributed by atoms with Gasteiger partial charge in [0.25, 0.3) is 11.8 Å². The molecule has 3 aliphatic heterocycles. The Morgan fingerprint density at radius 2 is 1.30 bits per heavy atom. The molecule has 2 atom stereocenters. The minimum atomic E-state index is -1.34. The minimum absolute atomic E-state index is 0. The maximum Gasteiger partial charge on any atom is 0.338 e. The van der Waals surface area contributed by atoms with Crippen molar-refractivity contribution in [3.8, 4) is 0 Å². The second-order valence-electron chi connectivity index (χ2n) is 9.15. The third kappa shape index (κ3) is 8.06. The standard InChI is InChI=1S/C13H11N3O4.C8H7NO4.C5H8N2O2.2ClH/c14-7-3-1-2-6-10(7)13(20)16(12(6)19)8-4-5-9(17)15-11(8)18;9-5-3-1-2-4(7(10)11)6(5)8(12)13;6-3-1-2-4(8)7-5(3)9;;/h1-3,8H,4-5,14H2,(H,15,17,18);1-3H,9H2,(H,10,11)(H,12,13);3H,1-2,6H2,(H,7,8,9);2*1H. The van der Waals surface area contributed by atoms with Crippen LogP contribution in [0.1, 0.15) is 67.1 Å². The van der Waals surface area contributed by atoms with E-state index in [0.29, 0.717) is 12.8 Å². The zero-order chi connectivity index (χ0) is 31.3. The van der Waals surface area contributed by atoms with Crippen molar-refractivity contribution in [1.82, 2.24) is 15.5 Å². The average molecular weight is 655 g/mol. The first-order chi connectivity index (χ1) is 19.7. The minimum Gasteiger partial charge on any atom is -0.478 e. The summed E-state index contributed by atoms with van der Waals surface area (Å²) < 4.78 is 0. The van der Waals surface area contributed by atoms with E-state index >= 15 is 0 Å². The Kier molecular flexibility index (Phi) is 13.0. The van der Waals surface area contributed by atoms with Crippen LogP contribution < -0.4 is 27.8 Å². The molecule has 16 nitrogen and oxygen atoms in total. The van der Waals surface area contributed by atoms with Crippen LogP contribution in [0.3, 0.4) is 0 Å². The van der Waals surface area contributed by atoms with Gasteiger partial charge in [-0.05, 0) is 37.1 Å². The zero-order valence-corrected chi connectivity index (χ0v) is 24.2. The first-order valence-corrected chi connectivity index (χ1v) is 12.3. The van der Waals surface area contributed by atoms with E-state index in [4.69, 9.17) is 27.4 Å². The molecule has 2 saturated heterocycles. The van der Waals surface area contributed by atoms with Crippen molar-refractivity contribution in [1.29, 1.82) is 0 Å². The van der Waals surface area contributed by atoms with Crippen LogP contribution in [0.25, 0.3) is 0 Å². The molecule has 10 N–H and O–H groups in total. The molecule has 0 saturated carbocycles. The molecule has 2 aromatic rings. The summed E-state index contributed by atoms with van der Waals surface area (Å²) in [4.78, 5) is 90.6. The number of fused-ring (bicyclic) bond motifs is 1. The summed E-state index contributed by atoms with van der Waals surface area (Å²) in [5, 5.41) is 21.5. The number of carbonyl (C=O) groups is 8. The van der Waals surface area contributed by atoms with Crippen molar-refractivity contribution < 1.29 is 48.6 Å². The van der Waals surface area contributed by atoms with Gasteiger partial charge in [0.15, 0.2) is 0 Å². The number of rotatable bonds is 3. The monoisotopic (exact) mass is 654 g/mol. The van der Waals surface area contributed by atoms with Gasteiger partial charge >= 0.3 is 11.9 Å². The summed E-state index contributed by atoms with van der Waals surface area (Å²) in [6, 6.07) is 7.09. The molecule has 3 aliphatic rings. The van der Waals surface area contributed by atoms with E-state index in [1.807, 2.05) is 0 Å². The molecular formula is C26H28Cl2N6O10. The molecule has 6 amide bonds. The largest absolute Gasteiger partial charge is 0.478 e. The van der Waals surface area contributed by atoms with Crippen molar-refractivity contribution in [3.63, 3.8) is 0 Å². The van der Waals surface area contributed by atoms with Gasteiger partial charge in [0.05, 0.1) is 28.3 Å². The summed E-state index contributed by atoms with van der Waals surface area (Å²) in [5.41, 5.74) is 16.1. The SMILES string of the molecule is Cl.Cl.NC1CCC(=O)NC1=O.Nc1cccc(C(=O)O)c1C(=O)O.Nc1cccc2c1C(=O)N(C1CCC(=O)NC1=O)C2=O. The summed E-state index contributed by atoms with van der Waals surface area (Å²) in [5.74, 6) is -5.38. The predicted octanol–water partition coefficient (Wildman–Crippen LogP) is -0.0709. The molecule has 18 heteroatoms. The van der Waals surface area contributed by atoms with E-state index in [9.17, 15) is 38.4 Å². The number of carboxylic acid groups (broad SMARTS) is 2. The molecule has 2 aromatic carbocycles. The molecular weight excluding hydrogens is 627 g/mol. The van der Waals surface area contributed by atoms with Gasteiger partial charge in [-0.15, -0.1) is 24.8 Å². The van der Waals surface area contributed by atoms with Crippen LogP contribution in [0.2, 0.25) is 0 Å². The molecule has 5 rings (SSSR count). The molecule has 0 radical (unpaired) electrons. The van der Waals surface area contributed by atoms with Crippen LogP contribution in [-0.2, 0) is 19.2 Å². The smallest absolute Gasteiger partial charge is 0.338 e. The highest BCUT2D eigenvalue weighted by atomic mass is 35.5. The Bertz CT molecular complexity index is 1530. The number of nitrogens with one attached hydrogen (secondary N) is 2. The highest BCUT2D eigenvalue weighted by molar-refractivity contribution is 6.25. The lowest BCUT2D eigenvalue weighted by Gasteiger charge is -2.27. The van der Waals surface area contributed by atoms with Crippen molar-refractivity contribution in [2.24, 2.45) is 5.73 Å². The van der Waals surface area contributed by atoms with Crippen LogP contribution in [0.4, 0.5) is 11.4 Å². The first kappa shape index (κ1) is 37.0. The first-order valence-electron chi connectivity index (χ1n) is 12.3. The number of nitrogens with zero attached hydrogens (tertiary/aromatic N) is 1. The molecule has 3 heterocycles. The molecule has 44 heavy (non-hydrogen) atoms. The van der Waals surface area contributed by atoms with E-state index in [1.54, 1.807) is 6.07 Å². The number of halogens is 2. The van der Waals surface area contributed by atoms with Gasteiger partial charge in [-0.1, -0.05) is 12.1 Å². The number of piperidine rings is 2. The van der Waals surface area contributed by atoms with Crippen LogP contribution in [0.15, 0.2) is 36.4 Å². The van der Waals surface area contributed by atoms with Gasteiger partial charge in [0.2, 0.25) is 23.6 Å². The summed E-state index contributed by atoms with van der Waals surface area (Å²) in [6.07, 6.45) is 1.08. The highest BCUT2D eigenvalue weighted by Crippen LogP contribution is 2.30. The van der Waals surface area contributed by atoms with Gasteiger partial charge in [-0.25, -0.2) is 9.59 Å². The number of nitrogen functional groups attached to an aromatic ring is 2. The number of carboxylic acids is 2. The quantitative estimate of drug-likeness (QED) is 0.169. The Labute approximate surface area is 261 Å². The predicted molar refractivity (Wildman–Crippen MR) is 157 cm³/mol. The van der Waals surface area contributed by atoms with Gasteiger partial charge in [-0.2, -0.15) is 0 Å². The maximum absolute atomic E-state index is 12.3. The summed E-state index contributed by atoms with van der Waals surface area (Å²) in [7, 11) is 0. The molecule has 236 valence electrons. The van der Waals surface area contributed by atoms with Crippen molar-refractivity contribution >= 4 is 83.6 Å². The van der Waals surface area contributed by atoms with Crippen LogP contribution in [-0.4, -0.2) is 74.6 Å². The normalized spacial score (nSPS) is 18.5. The summed E-state index contributed by atoms with van der Waals surface area (Å²) in [6.45, 7) is 0. The van der Waals surface area contributed by atoms with Crippen molar-refractivity contribution in [3.05, 3.63) is 58.7 Å². The van der Waals surface area contributed by atoms with Crippen LogP contribution in [0.5, 0.6) is 0 Å². The Morgan fingerprint density at radius 1 is 0.750 bits per heavy atom. The number of carbonyl (C=O) groups excluding carboxylic acids is 6. The van der Waals surface area contributed by atoms with E-state index in [2.05, 4.69) is 10.6 Å². The Hall–Kier alpha value is -5.06. The third-order valence-corrected chi connectivity index (χ3v) is 6.32. The number of amides is 6. The number of anilines is 2. The number of benzene rings is 2. The van der Waals surface area contributed by atoms with Gasteiger partial charge in [0.1, 0.15) is 6.04 Å². The van der Waals surface area contributed by atoms with E-state index in [-0.39, 0.29) is 83.1 Å². The van der Waals surface area contributed by atoms with E-state index < -0.39 is 47.7 Å². The van der Waals surface area contributed by atoms with Gasteiger partial charge < -0.3 is 27.4 Å². The molecule has 2 fully saturated rings. The molecule has 2 unspecified atom stereocenters. The number of hydrogen-bond acceptors (Lipinski definition) is 11. The topological polar surface area (TPSA) is 282 Å². The second-order valence-corrected chi connectivity index (χ2v) is 9.15. The lowest BCUT2D eigenvalue weighted by molar-refractivity contribution is -0.137. The zero-order valence-electron chi connectivity index (χ0n) is 22.6. The number of nitrogens with two attached hydrogens (primary N) is 3. The van der Waals surface area contributed by atoms with E-state index in [0.717, 1.165) is 4.90 Å². The second kappa shape index (κ2) is 15.4. The summed E-state index contributed by atoms with van der Waals surface area (Å²) >= 11 is 0. The lowest BCUT2D eigenvalue weighted by Crippen LogP contribution is -2.54. The fraction of sp³-hybridized carbons (Fsp3) is 0.231. The van der Waals surface area contributed by atoms with Crippen molar-refractivity contribution in [2.45, 2.75) is 37.8 Å².